The minimum absolute atomic E-state index is 0.0880. The Morgan fingerprint density at radius 1 is 1.22 bits per heavy atom. The molecule has 8 nitrogen and oxygen atoms in total. The number of hydrogen-bond acceptors (Lipinski definition) is 7. The highest BCUT2D eigenvalue weighted by Crippen LogP contribution is 2.30. The van der Waals surface area contributed by atoms with Gasteiger partial charge in [0.15, 0.2) is 11.6 Å². The highest BCUT2D eigenvalue weighted by atomic mass is 19.1. The molecule has 1 aromatic carbocycles. The van der Waals surface area contributed by atoms with Gasteiger partial charge in [-0.1, -0.05) is 6.07 Å². The van der Waals surface area contributed by atoms with Crippen molar-refractivity contribution in [3.8, 4) is 5.75 Å². The first-order valence-electron chi connectivity index (χ1n) is 8.43. The Balaban J connectivity index is 1.72. The van der Waals surface area contributed by atoms with Crippen molar-refractivity contribution in [2.45, 2.75) is 43.5 Å². The third-order valence-corrected chi connectivity index (χ3v) is 4.82. The quantitative estimate of drug-likeness (QED) is 0.521. The molecule has 4 N–H and O–H groups in total. The van der Waals surface area contributed by atoms with E-state index < -0.39 is 48.3 Å². The first-order valence-corrected chi connectivity index (χ1v) is 8.43. The number of aliphatic hydroxyl groups excluding tert-OH is 3. The normalized spacial score (nSPS) is 33.5. The fraction of sp³-hybridized carbons (Fsp3) is 0.500. The van der Waals surface area contributed by atoms with E-state index in [0.29, 0.717) is 5.56 Å². The Morgan fingerprint density at radius 3 is 2.52 bits per heavy atom. The smallest absolute Gasteiger partial charge is 0.247 e. The van der Waals surface area contributed by atoms with Crippen LogP contribution in [0.15, 0.2) is 23.8 Å². The summed E-state index contributed by atoms with van der Waals surface area (Å²) in [6.45, 7) is 1.40. The molecule has 2 fully saturated rings. The Bertz CT molecular complexity index is 740. The van der Waals surface area contributed by atoms with Crippen molar-refractivity contribution in [3.63, 3.8) is 0 Å². The number of carbonyl (C=O) groups excluding carboxylic acids is 1. The number of amides is 1. The second-order valence-electron chi connectivity index (χ2n) is 6.57. The average molecular weight is 383 g/mol. The predicted octanol–water partition coefficient (Wildman–Crippen LogP) is -0.440. The van der Waals surface area contributed by atoms with Crippen molar-refractivity contribution in [1.29, 1.82) is 0 Å². The molecule has 0 radical (unpaired) electrons. The minimum atomic E-state index is -1.43. The van der Waals surface area contributed by atoms with E-state index in [2.05, 4.69) is 5.32 Å². The largest absolute Gasteiger partial charge is 0.494 e. The highest BCUT2D eigenvalue weighted by Gasteiger charge is 2.53. The van der Waals surface area contributed by atoms with E-state index in [-0.39, 0.29) is 18.1 Å². The van der Waals surface area contributed by atoms with Gasteiger partial charge in [0.2, 0.25) is 5.91 Å². The molecule has 27 heavy (non-hydrogen) atoms. The molecule has 0 spiro atoms. The third-order valence-electron chi connectivity index (χ3n) is 4.82. The van der Waals surface area contributed by atoms with Crippen LogP contribution in [0.5, 0.6) is 5.75 Å². The zero-order chi connectivity index (χ0) is 19.7. The summed E-state index contributed by atoms with van der Waals surface area (Å²) in [6.07, 6.45) is -4.26. The average Bonchev–Trinajstić information content (AvgIpc) is 3.13. The number of aliphatic hydroxyl groups is 3. The zero-order valence-corrected chi connectivity index (χ0v) is 14.8. The number of halogens is 1. The topological polar surface area (TPSA) is 117 Å². The summed E-state index contributed by atoms with van der Waals surface area (Å²) in [5.74, 6) is -1.06. The van der Waals surface area contributed by atoms with Crippen molar-refractivity contribution >= 4 is 12.0 Å². The van der Waals surface area contributed by atoms with Gasteiger partial charge in [0, 0.05) is 5.57 Å². The van der Waals surface area contributed by atoms with Crippen molar-refractivity contribution in [1.82, 2.24) is 5.32 Å². The Morgan fingerprint density at radius 2 is 1.89 bits per heavy atom. The van der Waals surface area contributed by atoms with Crippen LogP contribution in [0.4, 0.5) is 4.39 Å². The van der Waals surface area contributed by atoms with Crippen LogP contribution in [0.2, 0.25) is 0 Å². The third kappa shape index (κ3) is 3.83. The molecule has 1 saturated carbocycles. The lowest BCUT2D eigenvalue weighted by Crippen LogP contribution is -2.67. The molecule has 1 amide bonds. The standard InChI is InChI=1S/C18H22FNO7/c1-8(5-9-3-4-11(25-2)10(19)6-9)18(24)20-12-13(21)15(23)17-16(14(12)22)26-7-27-17/h3-6,12-17,21-23H,7H2,1-2H3,(H,20,24)/b8-5+/t12-,13+,14-,15-,16+,17-/m1/s1. The lowest BCUT2D eigenvalue weighted by Gasteiger charge is -2.41. The van der Waals surface area contributed by atoms with E-state index in [1.807, 2.05) is 0 Å². The molecular formula is C18H22FNO7. The van der Waals surface area contributed by atoms with Crippen molar-refractivity contribution in [2.24, 2.45) is 0 Å². The van der Waals surface area contributed by atoms with Gasteiger partial charge >= 0.3 is 0 Å². The first kappa shape index (κ1) is 19.7. The summed E-state index contributed by atoms with van der Waals surface area (Å²) >= 11 is 0. The van der Waals surface area contributed by atoms with Gasteiger partial charge in [0.05, 0.1) is 13.2 Å². The Hall–Kier alpha value is -2.04. The van der Waals surface area contributed by atoms with Crippen molar-refractivity contribution in [2.75, 3.05) is 13.9 Å². The summed E-state index contributed by atoms with van der Waals surface area (Å²) in [5, 5.41) is 33.2. The molecule has 6 atom stereocenters. The van der Waals surface area contributed by atoms with Gasteiger partial charge in [-0.05, 0) is 30.7 Å². The Kier molecular flexibility index (Phi) is 5.78. The summed E-state index contributed by atoms with van der Waals surface area (Å²) in [6, 6.07) is 3.10. The van der Waals surface area contributed by atoms with Crippen LogP contribution in [0.25, 0.3) is 6.08 Å². The fourth-order valence-corrected chi connectivity index (χ4v) is 3.31. The van der Waals surface area contributed by atoms with Gasteiger partial charge in [0.25, 0.3) is 0 Å². The SMILES string of the molecule is COc1ccc(/C=C(\C)C(=O)N[C@@H]2[C@H](O)[C@@H](O)[C@H]3OCO[C@H]3[C@@H]2O)cc1F. The number of fused-ring (bicyclic) bond motifs is 1. The molecule has 2 aliphatic rings. The minimum Gasteiger partial charge on any atom is -0.494 e. The Labute approximate surface area is 155 Å². The molecule has 1 aliphatic carbocycles. The van der Waals surface area contributed by atoms with Gasteiger partial charge in [-0.15, -0.1) is 0 Å². The van der Waals surface area contributed by atoms with Gasteiger partial charge in [-0.3, -0.25) is 4.79 Å². The molecule has 0 unspecified atom stereocenters. The molecule has 1 heterocycles. The lowest BCUT2D eigenvalue weighted by molar-refractivity contribution is -0.155. The molecule has 1 saturated heterocycles. The molecule has 1 aliphatic heterocycles. The molecular weight excluding hydrogens is 361 g/mol. The van der Waals surface area contributed by atoms with Gasteiger partial charge in [-0.25, -0.2) is 4.39 Å². The number of methoxy groups -OCH3 is 1. The highest BCUT2D eigenvalue weighted by molar-refractivity contribution is 5.97. The maximum atomic E-state index is 13.8. The van der Waals surface area contributed by atoms with Crippen molar-refractivity contribution < 1.29 is 38.7 Å². The zero-order valence-electron chi connectivity index (χ0n) is 14.8. The fourth-order valence-electron chi connectivity index (χ4n) is 3.31. The summed E-state index contributed by atoms with van der Waals surface area (Å²) in [5.41, 5.74) is 0.664. The van der Waals surface area contributed by atoms with E-state index in [1.54, 1.807) is 6.07 Å². The number of carbonyl (C=O) groups is 1. The first-order chi connectivity index (χ1) is 12.8. The van der Waals surface area contributed by atoms with E-state index >= 15 is 0 Å². The van der Waals surface area contributed by atoms with Crippen LogP contribution < -0.4 is 10.1 Å². The van der Waals surface area contributed by atoms with Crippen LogP contribution in [0.1, 0.15) is 12.5 Å². The van der Waals surface area contributed by atoms with Crippen LogP contribution in [-0.4, -0.2) is 71.7 Å². The predicted molar refractivity (Wildman–Crippen MR) is 91.2 cm³/mol. The molecule has 9 heteroatoms. The van der Waals surface area contributed by atoms with Gasteiger partial charge in [0.1, 0.15) is 37.3 Å². The number of benzene rings is 1. The van der Waals surface area contributed by atoms with Crippen LogP contribution in [-0.2, 0) is 14.3 Å². The molecule has 1 aromatic rings. The van der Waals surface area contributed by atoms with Gasteiger partial charge < -0.3 is 34.8 Å². The van der Waals surface area contributed by atoms with Crippen LogP contribution >= 0.6 is 0 Å². The van der Waals surface area contributed by atoms with Crippen molar-refractivity contribution in [3.05, 3.63) is 35.2 Å². The van der Waals surface area contributed by atoms with Crippen LogP contribution in [0.3, 0.4) is 0 Å². The monoisotopic (exact) mass is 383 g/mol. The maximum Gasteiger partial charge on any atom is 0.247 e. The molecule has 0 aromatic heterocycles. The van der Waals surface area contributed by atoms with Crippen LogP contribution in [0, 0.1) is 5.82 Å². The molecule has 0 bridgehead atoms. The summed E-state index contributed by atoms with van der Waals surface area (Å²) < 4.78 is 29.0. The maximum absolute atomic E-state index is 13.8. The van der Waals surface area contributed by atoms with E-state index in [0.717, 1.165) is 0 Å². The van der Waals surface area contributed by atoms with E-state index in [9.17, 15) is 24.5 Å². The number of nitrogens with one attached hydrogen (secondary N) is 1. The van der Waals surface area contributed by atoms with Gasteiger partial charge in [-0.2, -0.15) is 0 Å². The number of hydrogen-bond donors (Lipinski definition) is 4. The summed E-state index contributed by atoms with van der Waals surface area (Å²) in [7, 11) is 1.35. The second-order valence-corrected chi connectivity index (χ2v) is 6.57. The van der Waals surface area contributed by atoms with E-state index in [4.69, 9.17) is 14.2 Å². The molecule has 148 valence electrons. The number of ether oxygens (including phenoxy) is 3. The molecule has 3 rings (SSSR count). The van der Waals surface area contributed by atoms with E-state index in [1.165, 1.54) is 32.2 Å². The second kappa shape index (κ2) is 7.91. The lowest BCUT2D eigenvalue weighted by atomic mass is 9.83. The number of rotatable bonds is 4. The summed E-state index contributed by atoms with van der Waals surface area (Å²) in [4.78, 5) is 12.4.